The van der Waals surface area contributed by atoms with E-state index < -0.39 is 0 Å². The van der Waals surface area contributed by atoms with Crippen LogP contribution in [0.4, 0.5) is 0 Å². The number of hydrogen-bond acceptors (Lipinski definition) is 4. The second-order valence-corrected chi connectivity index (χ2v) is 3.69. The maximum absolute atomic E-state index is 4.06. The molecule has 1 N–H and O–H groups in total. The Kier molecular flexibility index (Phi) is 3.66. The van der Waals surface area contributed by atoms with Crippen molar-refractivity contribution in [2.24, 2.45) is 7.05 Å². The monoisotopic (exact) mass is 220 g/mol. The van der Waals surface area contributed by atoms with E-state index in [1.165, 1.54) is 5.69 Å². The molecule has 0 unspecified atom stereocenters. The van der Waals surface area contributed by atoms with Crippen molar-refractivity contribution in [3.63, 3.8) is 0 Å². The summed E-state index contributed by atoms with van der Waals surface area (Å²) in [5, 5.41) is 11.0. The predicted molar refractivity (Wildman–Crippen MR) is 59.6 cm³/mol. The van der Waals surface area contributed by atoms with E-state index in [4.69, 9.17) is 0 Å². The van der Waals surface area contributed by atoms with E-state index >= 15 is 0 Å². The Morgan fingerprint density at radius 1 is 1.44 bits per heavy atom. The molecule has 86 valence electrons. The molecule has 6 heteroatoms. The SMILES string of the molecule is Cn1cncc1CNCCCn1ccnn1. The highest BCUT2D eigenvalue weighted by atomic mass is 15.4. The summed E-state index contributed by atoms with van der Waals surface area (Å²) in [4.78, 5) is 4.06. The molecule has 0 saturated heterocycles. The average Bonchev–Trinajstić information content (AvgIpc) is 2.90. The lowest BCUT2D eigenvalue weighted by molar-refractivity contribution is 0.526. The first kappa shape index (κ1) is 10.8. The average molecular weight is 220 g/mol. The molecule has 0 radical (unpaired) electrons. The van der Waals surface area contributed by atoms with Gasteiger partial charge in [0.2, 0.25) is 0 Å². The summed E-state index contributed by atoms with van der Waals surface area (Å²) in [5.41, 5.74) is 1.20. The van der Waals surface area contributed by atoms with Crippen LogP contribution in [0.5, 0.6) is 0 Å². The number of nitrogens with zero attached hydrogens (tertiary/aromatic N) is 5. The standard InChI is InChI=1S/C10H16N6/c1-15-9-12-8-10(15)7-11-3-2-5-16-6-4-13-14-16/h4,6,8-9,11H,2-3,5,7H2,1H3. The Balaban J connectivity index is 1.61. The summed E-state index contributed by atoms with van der Waals surface area (Å²) < 4.78 is 3.86. The van der Waals surface area contributed by atoms with Gasteiger partial charge in [-0.15, -0.1) is 5.10 Å². The molecule has 0 atom stereocenters. The number of aryl methyl sites for hydroxylation is 2. The highest BCUT2D eigenvalue weighted by molar-refractivity contribution is 4.96. The molecule has 0 aliphatic rings. The quantitative estimate of drug-likeness (QED) is 0.706. The van der Waals surface area contributed by atoms with Crippen LogP contribution in [-0.4, -0.2) is 31.1 Å². The maximum Gasteiger partial charge on any atom is 0.0945 e. The lowest BCUT2D eigenvalue weighted by Crippen LogP contribution is -2.18. The fourth-order valence-corrected chi connectivity index (χ4v) is 1.49. The molecule has 2 heterocycles. The van der Waals surface area contributed by atoms with Crippen LogP contribution < -0.4 is 5.32 Å². The Hall–Kier alpha value is -1.69. The van der Waals surface area contributed by atoms with Crippen LogP contribution in [0.15, 0.2) is 24.9 Å². The van der Waals surface area contributed by atoms with Gasteiger partial charge in [0.15, 0.2) is 0 Å². The third-order valence-corrected chi connectivity index (χ3v) is 2.44. The largest absolute Gasteiger partial charge is 0.337 e. The Morgan fingerprint density at radius 3 is 3.06 bits per heavy atom. The summed E-state index contributed by atoms with van der Waals surface area (Å²) in [6.45, 7) is 2.72. The van der Waals surface area contributed by atoms with Crippen LogP contribution in [0, 0.1) is 0 Å². The highest BCUT2D eigenvalue weighted by Crippen LogP contribution is 1.95. The van der Waals surface area contributed by atoms with E-state index in [1.807, 2.05) is 35.0 Å². The molecule has 0 amide bonds. The highest BCUT2D eigenvalue weighted by Gasteiger charge is 1.97. The third kappa shape index (κ3) is 2.90. The molecule has 0 bridgehead atoms. The zero-order valence-electron chi connectivity index (χ0n) is 9.37. The molecule has 2 aromatic rings. The van der Waals surface area contributed by atoms with Gasteiger partial charge in [-0.05, 0) is 13.0 Å². The fraction of sp³-hybridized carbons (Fsp3) is 0.500. The number of nitrogens with one attached hydrogen (secondary N) is 1. The minimum Gasteiger partial charge on any atom is -0.337 e. The first-order chi connectivity index (χ1) is 7.86. The van der Waals surface area contributed by atoms with E-state index in [2.05, 4.69) is 20.6 Å². The third-order valence-electron chi connectivity index (χ3n) is 2.44. The molecule has 0 aliphatic carbocycles. The van der Waals surface area contributed by atoms with Gasteiger partial charge in [0.1, 0.15) is 0 Å². The second kappa shape index (κ2) is 5.41. The molecule has 0 fully saturated rings. The van der Waals surface area contributed by atoms with Crippen LogP contribution in [0.25, 0.3) is 0 Å². The number of rotatable bonds is 6. The summed E-state index contributed by atoms with van der Waals surface area (Å²) in [6, 6.07) is 0. The topological polar surface area (TPSA) is 60.6 Å². The predicted octanol–water partition coefficient (Wildman–Crippen LogP) is 0.191. The molecule has 0 aromatic carbocycles. The second-order valence-electron chi connectivity index (χ2n) is 3.69. The zero-order valence-corrected chi connectivity index (χ0v) is 9.37. The van der Waals surface area contributed by atoms with Crippen LogP contribution in [0.1, 0.15) is 12.1 Å². The van der Waals surface area contributed by atoms with E-state index in [0.29, 0.717) is 0 Å². The zero-order chi connectivity index (χ0) is 11.2. The van der Waals surface area contributed by atoms with Crippen molar-refractivity contribution in [2.75, 3.05) is 6.54 Å². The minimum absolute atomic E-state index is 0.855. The normalized spacial score (nSPS) is 10.8. The van der Waals surface area contributed by atoms with Crippen LogP contribution >= 0.6 is 0 Å². The van der Waals surface area contributed by atoms with Crippen molar-refractivity contribution in [2.45, 2.75) is 19.5 Å². The van der Waals surface area contributed by atoms with Gasteiger partial charge < -0.3 is 9.88 Å². The van der Waals surface area contributed by atoms with E-state index in [-0.39, 0.29) is 0 Å². The molecule has 2 rings (SSSR count). The summed E-state index contributed by atoms with van der Waals surface area (Å²) in [6.07, 6.45) is 8.31. The fourth-order valence-electron chi connectivity index (χ4n) is 1.49. The summed E-state index contributed by atoms with van der Waals surface area (Å²) in [5.74, 6) is 0. The maximum atomic E-state index is 4.06. The summed E-state index contributed by atoms with van der Waals surface area (Å²) >= 11 is 0. The van der Waals surface area contributed by atoms with E-state index in [0.717, 1.165) is 26.1 Å². The van der Waals surface area contributed by atoms with Crippen molar-refractivity contribution >= 4 is 0 Å². The van der Waals surface area contributed by atoms with Crippen molar-refractivity contribution in [1.29, 1.82) is 0 Å². The summed E-state index contributed by atoms with van der Waals surface area (Å²) in [7, 11) is 2.00. The van der Waals surface area contributed by atoms with Gasteiger partial charge >= 0.3 is 0 Å². The van der Waals surface area contributed by atoms with Gasteiger partial charge in [-0.25, -0.2) is 4.98 Å². The van der Waals surface area contributed by atoms with Gasteiger partial charge in [-0.1, -0.05) is 5.21 Å². The molecule has 2 aromatic heterocycles. The molecule has 6 nitrogen and oxygen atoms in total. The van der Waals surface area contributed by atoms with Crippen molar-refractivity contribution in [1.82, 2.24) is 29.9 Å². The Labute approximate surface area is 94.3 Å². The van der Waals surface area contributed by atoms with Gasteiger partial charge in [-0.2, -0.15) is 0 Å². The minimum atomic E-state index is 0.855. The van der Waals surface area contributed by atoms with Crippen LogP contribution in [-0.2, 0) is 20.1 Å². The van der Waals surface area contributed by atoms with Crippen LogP contribution in [0.3, 0.4) is 0 Å². The van der Waals surface area contributed by atoms with E-state index in [9.17, 15) is 0 Å². The van der Waals surface area contributed by atoms with Gasteiger partial charge in [0, 0.05) is 32.5 Å². The van der Waals surface area contributed by atoms with Crippen molar-refractivity contribution in [3.8, 4) is 0 Å². The lowest BCUT2D eigenvalue weighted by atomic mass is 10.4. The lowest BCUT2D eigenvalue weighted by Gasteiger charge is -2.05. The molecule has 16 heavy (non-hydrogen) atoms. The van der Waals surface area contributed by atoms with Crippen molar-refractivity contribution < 1.29 is 0 Å². The number of hydrogen-bond donors (Lipinski definition) is 1. The smallest absolute Gasteiger partial charge is 0.0945 e. The van der Waals surface area contributed by atoms with Gasteiger partial charge in [0.25, 0.3) is 0 Å². The number of aromatic nitrogens is 5. The van der Waals surface area contributed by atoms with Crippen molar-refractivity contribution in [3.05, 3.63) is 30.6 Å². The molecular formula is C10H16N6. The molecule has 0 saturated carbocycles. The van der Waals surface area contributed by atoms with Crippen LogP contribution in [0.2, 0.25) is 0 Å². The molecule has 0 spiro atoms. The number of imidazole rings is 1. The van der Waals surface area contributed by atoms with E-state index in [1.54, 1.807) is 6.20 Å². The molecular weight excluding hydrogens is 204 g/mol. The van der Waals surface area contributed by atoms with Gasteiger partial charge in [0.05, 0.1) is 18.2 Å². The Morgan fingerprint density at radius 2 is 2.38 bits per heavy atom. The first-order valence-electron chi connectivity index (χ1n) is 5.36. The first-order valence-corrected chi connectivity index (χ1v) is 5.36. The Bertz CT molecular complexity index is 405. The molecule has 0 aliphatic heterocycles. The van der Waals surface area contributed by atoms with Gasteiger partial charge in [-0.3, -0.25) is 4.68 Å².